The maximum absolute atomic E-state index is 13.5. The summed E-state index contributed by atoms with van der Waals surface area (Å²) >= 11 is 0. The fraction of sp³-hybridized carbons (Fsp3) is 0.583. The quantitative estimate of drug-likeness (QED) is 0.582. The number of benzene rings is 1. The third-order valence-corrected chi connectivity index (χ3v) is 6.09. The Morgan fingerprint density at radius 3 is 2.63 bits per heavy atom. The number of halogens is 2. The number of rotatable bonds is 5. The van der Waals surface area contributed by atoms with Crippen LogP contribution in [0, 0.1) is 17.8 Å². The van der Waals surface area contributed by atoms with Crippen LogP contribution in [0.4, 0.5) is 14.5 Å². The van der Waals surface area contributed by atoms with Crippen molar-refractivity contribution in [2.24, 2.45) is 17.8 Å². The standard InChI is InChI=1S/C24H30F2N2O2/c1-24(2,3)30-21(29)12-15-11-17(16-6-7-16)14-28(13-15)20-9-8-19(23(25)26)22-18(20)5-4-10-27-22/h4-5,8-10,15-17,23H,6-7,11-14H2,1-3H3. The van der Waals surface area contributed by atoms with Gasteiger partial charge in [0.1, 0.15) is 5.60 Å². The van der Waals surface area contributed by atoms with Gasteiger partial charge in [0.15, 0.2) is 0 Å². The molecule has 1 saturated carbocycles. The molecule has 0 bridgehead atoms. The first-order chi connectivity index (χ1) is 14.2. The van der Waals surface area contributed by atoms with E-state index < -0.39 is 12.0 Å². The van der Waals surface area contributed by atoms with Gasteiger partial charge in [0, 0.05) is 35.9 Å². The molecule has 2 heterocycles. The van der Waals surface area contributed by atoms with E-state index in [0.717, 1.165) is 30.6 Å². The van der Waals surface area contributed by atoms with Crippen LogP contribution in [-0.2, 0) is 9.53 Å². The Balaban J connectivity index is 1.61. The Morgan fingerprint density at radius 2 is 1.97 bits per heavy atom. The van der Waals surface area contributed by atoms with Crippen molar-refractivity contribution in [1.82, 2.24) is 4.98 Å². The summed E-state index contributed by atoms with van der Waals surface area (Å²) in [4.78, 5) is 19.0. The number of alkyl halides is 2. The van der Waals surface area contributed by atoms with Crippen LogP contribution in [0.5, 0.6) is 0 Å². The molecule has 1 aromatic heterocycles. The molecular weight excluding hydrogens is 386 g/mol. The van der Waals surface area contributed by atoms with Gasteiger partial charge in [-0.05, 0) is 82.1 Å². The minimum atomic E-state index is -2.56. The summed E-state index contributed by atoms with van der Waals surface area (Å²) in [6.07, 6.45) is 2.90. The predicted octanol–water partition coefficient (Wildman–Crippen LogP) is 5.76. The lowest BCUT2D eigenvalue weighted by Crippen LogP contribution is -2.42. The van der Waals surface area contributed by atoms with Crippen molar-refractivity contribution in [3.05, 3.63) is 36.0 Å². The lowest BCUT2D eigenvalue weighted by molar-refractivity contribution is -0.156. The Labute approximate surface area is 176 Å². The molecule has 4 nitrogen and oxygen atoms in total. The maximum atomic E-state index is 13.5. The molecule has 1 saturated heterocycles. The molecule has 162 valence electrons. The molecular formula is C24H30F2N2O2. The average molecular weight is 417 g/mol. The van der Waals surface area contributed by atoms with E-state index in [-0.39, 0.29) is 17.5 Å². The summed E-state index contributed by atoms with van der Waals surface area (Å²) < 4.78 is 32.5. The van der Waals surface area contributed by atoms with Crippen LogP contribution >= 0.6 is 0 Å². The van der Waals surface area contributed by atoms with E-state index in [0.29, 0.717) is 23.8 Å². The van der Waals surface area contributed by atoms with Crippen molar-refractivity contribution in [1.29, 1.82) is 0 Å². The molecule has 2 unspecified atom stereocenters. The van der Waals surface area contributed by atoms with Crippen molar-refractivity contribution in [3.63, 3.8) is 0 Å². The number of esters is 1. The highest BCUT2D eigenvalue weighted by Crippen LogP contribution is 2.44. The van der Waals surface area contributed by atoms with Crippen LogP contribution < -0.4 is 4.90 Å². The zero-order valence-corrected chi connectivity index (χ0v) is 17.9. The predicted molar refractivity (Wildman–Crippen MR) is 114 cm³/mol. The largest absolute Gasteiger partial charge is 0.460 e. The normalized spacial score (nSPS) is 22.5. The van der Waals surface area contributed by atoms with Gasteiger partial charge in [0.05, 0.1) is 11.9 Å². The molecule has 0 N–H and O–H groups in total. The van der Waals surface area contributed by atoms with Crippen LogP contribution in [0.3, 0.4) is 0 Å². The molecule has 0 radical (unpaired) electrons. The van der Waals surface area contributed by atoms with Gasteiger partial charge >= 0.3 is 5.97 Å². The molecule has 30 heavy (non-hydrogen) atoms. The summed E-state index contributed by atoms with van der Waals surface area (Å²) in [6, 6.07) is 6.96. The highest BCUT2D eigenvalue weighted by Gasteiger charge is 2.39. The number of fused-ring (bicyclic) bond motifs is 1. The summed E-state index contributed by atoms with van der Waals surface area (Å²) in [6.45, 7) is 7.27. The zero-order chi connectivity index (χ0) is 21.5. The minimum Gasteiger partial charge on any atom is -0.460 e. The van der Waals surface area contributed by atoms with E-state index in [9.17, 15) is 13.6 Å². The number of hydrogen-bond donors (Lipinski definition) is 0. The van der Waals surface area contributed by atoms with Crippen LogP contribution in [0.25, 0.3) is 10.9 Å². The first-order valence-electron chi connectivity index (χ1n) is 10.8. The number of pyridine rings is 1. The number of carbonyl (C=O) groups excluding carboxylic acids is 1. The topological polar surface area (TPSA) is 42.4 Å². The number of nitrogens with zero attached hydrogens (tertiary/aromatic N) is 2. The summed E-state index contributed by atoms with van der Waals surface area (Å²) in [5, 5.41) is 0.753. The van der Waals surface area contributed by atoms with Gasteiger partial charge in [-0.25, -0.2) is 8.78 Å². The van der Waals surface area contributed by atoms with E-state index >= 15 is 0 Å². The van der Waals surface area contributed by atoms with Crippen LogP contribution in [-0.4, -0.2) is 29.6 Å². The van der Waals surface area contributed by atoms with Crippen molar-refractivity contribution >= 4 is 22.6 Å². The molecule has 1 aliphatic carbocycles. The minimum absolute atomic E-state index is 0.0320. The Bertz CT molecular complexity index is 921. The van der Waals surface area contributed by atoms with Crippen LogP contribution in [0.15, 0.2) is 30.5 Å². The van der Waals surface area contributed by atoms with Gasteiger partial charge in [-0.3, -0.25) is 9.78 Å². The van der Waals surface area contributed by atoms with E-state index in [2.05, 4.69) is 9.88 Å². The monoisotopic (exact) mass is 416 g/mol. The van der Waals surface area contributed by atoms with Crippen molar-refractivity contribution in [2.45, 2.75) is 58.5 Å². The lowest BCUT2D eigenvalue weighted by atomic mass is 9.84. The average Bonchev–Trinajstić information content (AvgIpc) is 3.50. The highest BCUT2D eigenvalue weighted by atomic mass is 19.3. The molecule has 1 aromatic carbocycles. The SMILES string of the molecule is CC(C)(C)OC(=O)CC1CC(C2CC2)CN(c2ccc(C(F)F)c3ncccc23)C1. The van der Waals surface area contributed by atoms with Crippen molar-refractivity contribution in [2.75, 3.05) is 18.0 Å². The smallest absolute Gasteiger partial charge is 0.306 e. The molecule has 2 aromatic rings. The van der Waals surface area contributed by atoms with E-state index in [4.69, 9.17) is 4.74 Å². The molecule has 0 amide bonds. The third-order valence-electron chi connectivity index (χ3n) is 6.09. The first kappa shape index (κ1) is 21.0. The zero-order valence-electron chi connectivity index (χ0n) is 17.9. The summed E-state index contributed by atoms with van der Waals surface area (Å²) in [5.74, 6) is 1.26. The fourth-order valence-corrected chi connectivity index (χ4v) is 4.75. The van der Waals surface area contributed by atoms with Crippen LogP contribution in [0.2, 0.25) is 0 Å². The molecule has 4 rings (SSSR count). The van der Waals surface area contributed by atoms with Gasteiger partial charge in [0.25, 0.3) is 6.43 Å². The molecule has 2 fully saturated rings. The van der Waals surface area contributed by atoms with Gasteiger partial charge in [-0.2, -0.15) is 0 Å². The fourth-order valence-electron chi connectivity index (χ4n) is 4.75. The number of carbonyl (C=O) groups is 1. The number of aromatic nitrogens is 1. The molecule has 1 aliphatic heterocycles. The first-order valence-corrected chi connectivity index (χ1v) is 10.8. The number of ether oxygens (including phenoxy) is 1. The van der Waals surface area contributed by atoms with Gasteiger partial charge in [-0.1, -0.05) is 0 Å². The van der Waals surface area contributed by atoms with Crippen molar-refractivity contribution in [3.8, 4) is 0 Å². The second-order valence-electron chi connectivity index (χ2n) is 9.77. The summed E-state index contributed by atoms with van der Waals surface area (Å²) in [7, 11) is 0. The Hall–Kier alpha value is -2.24. The molecule has 0 spiro atoms. The van der Waals surface area contributed by atoms with E-state index in [1.165, 1.54) is 18.9 Å². The number of piperidine rings is 1. The van der Waals surface area contributed by atoms with Gasteiger partial charge in [-0.15, -0.1) is 0 Å². The summed E-state index contributed by atoms with van der Waals surface area (Å²) in [5.41, 5.74) is 0.772. The third kappa shape index (κ3) is 4.73. The number of hydrogen-bond acceptors (Lipinski definition) is 4. The lowest BCUT2D eigenvalue weighted by Gasteiger charge is -2.40. The highest BCUT2D eigenvalue weighted by molar-refractivity contribution is 5.94. The second-order valence-corrected chi connectivity index (χ2v) is 9.77. The molecule has 2 aliphatic rings. The van der Waals surface area contributed by atoms with E-state index in [1.54, 1.807) is 18.3 Å². The molecule has 6 heteroatoms. The Kier molecular flexibility index (Phi) is 5.69. The van der Waals surface area contributed by atoms with Crippen LogP contribution in [0.1, 0.15) is 58.4 Å². The van der Waals surface area contributed by atoms with Gasteiger partial charge in [0.2, 0.25) is 0 Å². The van der Waals surface area contributed by atoms with E-state index in [1.807, 2.05) is 26.8 Å². The number of anilines is 1. The van der Waals surface area contributed by atoms with Gasteiger partial charge < -0.3 is 9.64 Å². The Morgan fingerprint density at radius 1 is 1.20 bits per heavy atom. The molecule has 2 atom stereocenters. The van der Waals surface area contributed by atoms with Crippen molar-refractivity contribution < 1.29 is 18.3 Å². The maximum Gasteiger partial charge on any atom is 0.306 e. The second kappa shape index (κ2) is 8.12.